The number of benzene rings is 1. The molecular formula is C9H9Cl2F4NO. The van der Waals surface area contributed by atoms with Gasteiger partial charge in [0, 0.05) is 5.56 Å². The van der Waals surface area contributed by atoms with E-state index in [0.717, 1.165) is 12.1 Å². The van der Waals surface area contributed by atoms with Gasteiger partial charge in [0.15, 0.2) is 0 Å². The standard InChI is InChI=1S/C9H8ClF4NO.ClH/c10-4-1-2-5(11)6(7(4)12)8(15)9(13,14)3-16;/h1-2,8,16H,3,15H2;1H/t8-;/m1./s1. The van der Waals surface area contributed by atoms with Gasteiger partial charge >= 0.3 is 0 Å². The predicted octanol–water partition coefficient (Wildman–Crippen LogP) is 2.67. The number of rotatable bonds is 3. The molecule has 2 nitrogen and oxygen atoms in total. The molecule has 3 N–H and O–H groups in total. The lowest BCUT2D eigenvalue weighted by Crippen LogP contribution is -2.37. The van der Waals surface area contributed by atoms with E-state index in [1.807, 2.05) is 0 Å². The summed E-state index contributed by atoms with van der Waals surface area (Å²) in [4.78, 5) is 0. The Morgan fingerprint density at radius 2 is 1.88 bits per heavy atom. The predicted molar refractivity (Wildman–Crippen MR) is 57.6 cm³/mol. The summed E-state index contributed by atoms with van der Waals surface area (Å²) >= 11 is 5.32. The van der Waals surface area contributed by atoms with E-state index in [0.29, 0.717) is 0 Å². The minimum absolute atomic E-state index is 0. The topological polar surface area (TPSA) is 46.2 Å². The van der Waals surface area contributed by atoms with Crippen molar-refractivity contribution in [3.05, 3.63) is 34.4 Å². The van der Waals surface area contributed by atoms with Crippen LogP contribution in [0.15, 0.2) is 12.1 Å². The van der Waals surface area contributed by atoms with E-state index in [9.17, 15) is 17.6 Å². The Hall–Kier alpha value is -0.560. The highest BCUT2D eigenvalue weighted by atomic mass is 35.5. The number of aliphatic hydroxyl groups is 1. The first-order valence-electron chi connectivity index (χ1n) is 4.19. The summed E-state index contributed by atoms with van der Waals surface area (Å²) in [5, 5.41) is 7.86. The molecule has 17 heavy (non-hydrogen) atoms. The van der Waals surface area contributed by atoms with Crippen molar-refractivity contribution in [3.63, 3.8) is 0 Å². The van der Waals surface area contributed by atoms with Crippen LogP contribution in [0.4, 0.5) is 17.6 Å². The fraction of sp³-hybridized carbons (Fsp3) is 0.333. The molecule has 0 saturated heterocycles. The molecule has 8 heteroatoms. The van der Waals surface area contributed by atoms with Gasteiger partial charge in [0.1, 0.15) is 24.3 Å². The smallest absolute Gasteiger partial charge is 0.289 e. The Morgan fingerprint density at radius 3 is 2.35 bits per heavy atom. The van der Waals surface area contributed by atoms with Gasteiger partial charge in [-0.2, -0.15) is 0 Å². The van der Waals surface area contributed by atoms with Crippen molar-refractivity contribution in [2.45, 2.75) is 12.0 Å². The first-order valence-corrected chi connectivity index (χ1v) is 4.56. The highest BCUT2D eigenvalue weighted by Gasteiger charge is 2.40. The fourth-order valence-corrected chi connectivity index (χ4v) is 1.30. The lowest BCUT2D eigenvalue weighted by Gasteiger charge is -2.22. The van der Waals surface area contributed by atoms with Gasteiger partial charge in [-0.15, -0.1) is 12.4 Å². The first kappa shape index (κ1) is 16.4. The Morgan fingerprint density at radius 1 is 1.35 bits per heavy atom. The van der Waals surface area contributed by atoms with Gasteiger partial charge in [0.05, 0.1) is 5.02 Å². The van der Waals surface area contributed by atoms with Crippen molar-refractivity contribution in [1.82, 2.24) is 0 Å². The van der Waals surface area contributed by atoms with Gasteiger partial charge in [0.2, 0.25) is 0 Å². The van der Waals surface area contributed by atoms with Crippen LogP contribution >= 0.6 is 24.0 Å². The normalized spacial score (nSPS) is 13.1. The molecule has 0 aliphatic heterocycles. The lowest BCUT2D eigenvalue weighted by molar-refractivity contribution is -0.0726. The van der Waals surface area contributed by atoms with Gasteiger partial charge < -0.3 is 10.8 Å². The highest BCUT2D eigenvalue weighted by Crippen LogP contribution is 2.34. The van der Waals surface area contributed by atoms with E-state index in [1.165, 1.54) is 0 Å². The van der Waals surface area contributed by atoms with E-state index in [1.54, 1.807) is 0 Å². The van der Waals surface area contributed by atoms with Gasteiger partial charge in [0.25, 0.3) is 5.92 Å². The maximum absolute atomic E-state index is 13.3. The Labute approximate surface area is 106 Å². The number of nitrogens with two attached hydrogens (primary N) is 1. The molecular weight excluding hydrogens is 285 g/mol. The van der Waals surface area contributed by atoms with Crippen LogP contribution in [0.25, 0.3) is 0 Å². The van der Waals surface area contributed by atoms with Crippen LogP contribution < -0.4 is 5.73 Å². The molecule has 0 aliphatic carbocycles. The van der Waals surface area contributed by atoms with Crippen molar-refractivity contribution in [2.75, 3.05) is 6.61 Å². The van der Waals surface area contributed by atoms with Gasteiger partial charge in [-0.05, 0) is 12.1 Å². The monoisotopic (exact) mass is 293 g/mol. The third kappa shape index (κ3) is 3.22. The fourth-order valence-electron chi connectivity index (χ4n) is 1.14. The maximum atomic E-state index is 13.3. The molecule has 0 spiro atoms. The molecule has 0 bridgehead atoms. The third-order valence-corrected chi connectivity index (χ3v) is 2.35. The summed E-state index contributed by atoms with van der Waals surface area (Å²) in [7, 11) is 0. The summed E-state index contributed by atoms with van der Waals surface area (Å²) in [5.41, 5.74) is 3.97. The van der Waals surface area contributed by atoms with Crippen molar-refractivity contribution >= 4 is 24.0 Å². The number of hydrogen-bond acceptors (Lipinski definition) is 2. The first-order chi connectivity index (χ1) is 7.31. The molecule has 0 aliphatic rings. The number of alkyl halides is 2. The van der Waals surface area contributed by atoms with E-state index >= 15 is 0 Å². The number of hydrogen-bond donors (Lipinski definition) is 2. The zero-order valence-electron chi connectivity index (χ0n) is 8.26. The SMILES string of the molecule is Cl.N[C@H](c1c(F)ccc(Cl)c1F)C(F)(F)CO. The summed E-state index contributed by atoms with van der Waals surface area (Å²) in [6.07, 6.45) is 0. The second-order valence-electron chi connectivity index (χ2n) is 3.15. The van der Waals surface area contributed by atoms with Crippen LogP contribution in [0.1, 0.15) is 11.6 Å². The lowest BCUT2D eigenvalue weighted by atomic mass is 10.0. The molecule has 0 aromatic heterocycles. The summed E-state index contributed by atoms with van der Waals surface area (Å²) in [6.45, 7) is -1.61. The summed E-state index contributed by atoms with van der Waals surface area (Å²) < 4.78 is 52.4. The average Bonchev–Trinajstić information content (AvgIpc) is 2.24. The Balaban J connectivity index is 0.00000256. The Bertz CT molecular complexity index is 403. The minimum atomic E-state index is -3.83. The van der Waals surface area contributed by atoms with Gasteiger partial charge in [-0.25, -0.2) is 17.6 Å². The number of aliphatic hydroxyl groups excluding tert-OH is 1. The molecule has 0 saturated carbocycles. The van der Waals surface area contributed by atoms with Crippen molar-refractivity contribution in [2.24, 2.45) is 5.73 Å². The minimum Gasteiger partial charge on any atom is -0.390 e. The van der Waals surface area contributed by atoms with Crippen LogP contribution in [-0.2, 0) is 0 Å². The third-order valence-electron chi connectivity index (χ3n) is 2.06. The largest absolute Gasteiger partial charge is 0.390 e. The second kappa shape index (κ2) is 5.86. The molecule has 0 fully saturated rings. The summed E-state index contributed by atoms with van der Waals surface area (Å²) in [6, 6.07) is -0.677. The molecule has 0 heterocycles. The van der Waals surface area contributed by atoms with Crippen LogP contribution in [0, 0.1) is 11.6 Å². The van der Waals surface area contributed by atoms with E-state index in [-0.39, 0.29) is 12.4 Å². The van der Waals surface area contributed by atoms with Crippen molar-refractivity contribution < 1.29 is 22.7 Å². The maximum Gasteiger partial charge on any atom is 0.289 e. The van der Waals surface area contributed by atoms with Crippen LogP contribution in [-0.4, -0.2) is 17.6 Å². The molecule has 1 aromatic rings. The van der Waals surface area contributed by atoms with E-state index < -0.39 is 40.8 Å². The Kier molecular flexibility index (Phi) is 5.67. The molecule has 0 unspecified atom stereocenters. The zero-order chi connectivity index (χ0) is 12.5. The average molecular weight is 294 g/mol. The molecule has 1 rings (SSSR count). The molecule has 0 radical (unpaired) electrons. The van der Waals surface area contributed by atoms with Crippen molar-refractivity contribution in [1.29, 1.82) is 0 Å². The number of halogens is 6. The van der Waals surface area contributed by atoms with Crippen molar-refractivity contribution in [3.8, 4) is 0 Å². The van der Waals surface area contributed by atoms with Crippen LogP contribution in [0.2, 0.25) is 5.02 Å². The summed E-state index contributed by atoms with van der Waals surface area (Å²) in [5.74, 6) is -6.41. The van der Waals surface area contributed by atoms with Gasteiger partial charge in [-0.1, -0.05) is 11.6 Å². The highest BCUT2D eigenvalue weighted by molar-refractivity contribution is 6.30. The quantitative estimate of drug-likeness (QED) is 0.665. The molecule has 1 atom stereocenters. The molecule has 0 amide bonds. The van der Waals surface area contributed by atoms with Gasteiger partial charge in [-0.3, -0.25) is 0 Å². The molecule has 1 aromatic carbocycles. The van der Waals surface area contributed by atoms with E-state index in [4.69, 9.17) is 22.4 Å². The second-order valence-corrected chi connectivity index (χ2v) is 3.56. The molecule has 98 valence electrons. The van der Waals surface area contributed by atoms with E-state index in [2.05, 4.69) is 0 Å². The van der Waals surface area contributed by atoms with Crippen LogP contribution in [0.5, 0.6) is 0 Å². The van der Waals surface area contributed by atoms with Crippen LogP contribution in [0.3, 0.4) is 0 Å². The zero-order valence-corrected chi connectivity index (χ0v) is 9.83.